The normalized spacial score (nSPS) is 26.2. The topological polar surface area (TPSA) is 52.5 Å². The molecule has 0 aromatic carbocycles. The summed E-state index contributed by atoms with van der Waals surface area (Å²) >= 11 is 0. The van der Waals surface area contributed by atoms with Crippen LogP contribution in [0.4, 0.5) is 5.82 Å². The second kappa shape index (κ2) is 6.73. The maximum Gasteiger partial charge on any atom is 0.135 e. The molecular weight excluding hydrogens is 288 g/mol. The Hall–Kier alpha value is -1.20. The van der Waals surface area contributed by atoms with Gasteiger partial charge in [0.25, 0.3) is 0 Å². The minimum absolute atomic E-state index is 0.0256. The molecule has 1 N–H and O–H groups in total. The lowest BCUT2D eigenvalue weighted by Gasteiger charge is -2.32. The fourth-order valence-electron chi connectivity index (χ4n) is 3.81. The van der Waals surface area contributed by atoms with E-state index in [1.165, 1.54) is 19.3 Å². The van der Waals surface area contributed by atoms with Gasteiger partial charge in [0.1, 0.15) is 11.6 Å². The Morgan fingerprint density at radius 1 is 1.17 bits per heavy atom. The number of aromatic nitrogens is 2. The molecule has 3 rings (SSSR count). The molecule has 2 atom stereocenters. The summed E-state index contributed by atoms with van der Waals surface area (Å²) in [5.41, 5.74) is -0.0256. The largest absolute Gasteiger partial charge is 0.395 e. The van der Waals surface area contributed by atoms with E-state index < -0.39 is 0 Å². The van der Waals surface area contributed by atoms with Gasteiger partial charge in [-0.25, -0.2) is 9.97 Å². The molecule has 3 heterocycles. The number of nitrogens with zero attached hydrogens (tertiary/aromatic N) is 4. The Morgan fingerprint density at radius 2 is 1.91 bits per heavy atom. The predicted molar refractivity (Wildman–Crippen MR) is 92.8 cm³/mol. The number of likely N-dealkylation sites (tertiary alicyclic amines) is 1. The van der Waals surface area contributed by atoms with Crippen molar-refractivity contribution in [2.45, 2.75) is 64.0 Å². The molecule has 2 fully saturated rings. The highest BCUT2D eigenvalue weighted by Gasteiger charge is 2.32. The van der Waals surface area contributed by atoms with Crippen LogP contribution in [0.5, 0.6) is 0 Å². The first-order chi connectivity index (χ1) is 11.0. The predicted octanol–water partition coefficient (Wildman–Crippen LogP) is 2.20. The van der Waals surface area contributed by atoms with Crippen LogP contribution in [0.15, 0.2) is 12.3 Å². The number of aliphatic hydroxyl groups excluding tert-OH is 1. The Kier molecular flexibility index (Phi) is 4.87. The molecule has 1 aromatic heterocycles. The van der Waals surface area contributed by atoms with Gasteiger partial charge in [-0.3, -0.25) is 4.90 Å². The van der Waals surface area contributed by atoms with Crippen LogP contribution < -0.4 is 4.90 Å². The summed E-state index contributed by atoms with van der Waals surface area (Å²) < 4.78 is 0. The van der Waals surface area contributed by atoms with E-state index in [1.807, 2.05) is 12.3 Å². The average Bonchev–Trinajstić information content (AvgIpc) is 3.16. The zero-order valence-corrected chi connectivity index (χ0v) is 14.7. The Labute approximate surface area is 139 Å². The number of hydrogen-bond donors (Lipinski definition) is 1. The van der Waals surface area contributed by atoms with Gasteiger partial charge < -0.3 is 10.0 Å². The van der Waals surface area contributed by atoms with Crippen molar-refractivity contribution in [1.82, 2.24) is 14.9 Å². The van der Waals surface area contributed by atoms with Crippen LogP contribution in [0.3, 0.4) is 0 Å². The molecule has 23 heavy (non-hydrogen) atoms. The van der Waals surface area contributed by atoms with Crippen molar-refractivity contribution >= 4 is 5.82 Å². The van der Waals surface area contributed by atoms with Gasteiger partial charge in [0, 0.05) is 36.8 Å². The molecule has 128 valence electrons. The quantitative estimate of drug-likeness (QED) is 0.922. The fraction of sp³-hybridized carbons (Fsp3) is 0.778. The van der Waals surface area contributed by atoms with Gasteiger partial charge in [0.2, 0.25) is 0 Å². The summed E-state index contributed by atoms with van der Waals surface area (Å²) in [5.74, 6) is 1.97. The van der Waals surface area contributed by atoms with Crippen LogP contribution in [0.25, 0.3) is 0 Å². The van der Waals surface area contributed by atoms with Gasteiger partial charge in [0.15, 0.2) is 0 Å². The lowest BCUT2D eigenvalue weighted by molar-refractivity contribution is 0.153. The molecule has 0 aliphatic carbocycles. The highest BCUT2D eigenvalue weighted by molar-refractivity contribution is 5.41. The van der Waals surface area contributed by atoms with E-state index in [9.17, 15) is 5.11 Å². The third-order valence-corrected chi connectivity index (χ3v) is 5.14. The Bertz CT molecular complexity index is 528. The van der Waals surface area contributed by atoms with Crippen molar-refractivity contribution in [2.75, 3.05) is 31.1 Å². The molecule has 0 radical (unpaired) electrons. The molecule has 2 saturated heterocycles. The standard InChI is InChI=1S/C18H30N4O/c1-18(2,3)17-19-9-8-16(20-17)22-11-5-6-14(22)12-21-10-4-7-15(21)13-23/h8-9,14-15,23H,4-7,10-13H2,1-3H3. The molecule has 2 aliphatic rings. The van der Waals surface area contributed by atoms with Gasteiger partial charge >= 0.3 is 0 Å². The monoisotopic (exact) mass is 318 g/mol. The molecule has 5 nitrogen and oxygen atoms in total. The lowest BCUT2D eigenvalue weighted by atomic mass is 9.96. The summed E-state index contributed by atoms with van der Waals surface area (Å²) in [7, 11) is 0. The van der Waals surface area contributed by atoms with Gasteiger partial charge in [-0.15, -0.1) is 0 Å². The molecule has 0 saturated carbocycles. The first-order valence-corrected chi connectivity index (χ1v) is 8.94. The zero-order chi connectivity index (χ0) is 16.4. The van der Waals surface area contributed by atoms with Crippen molar-refractivity contribution in [3.05, 3.63) is 18.1 Å². The van der Waals surface area contributed by atoms with E-state index in [4.69, 9.17) is 4.98 Å². The number of aliphatic hydroxyl groups is 1. The van der Waals surface area contributed by atoms with Crippen LogP contribution in [0.1, 0.15) is 52.3 Å². The van der Waals surface area contributed by atoms with E-state index in [0.717, 1.165) is 37.7 Å². The summed E-state index contributed by atoms with van der Waals surface area (Å²) in [4.78, 5) is 14.2. The van der Waals surface area contributed by atoms with Gasteiger partial charge in [-0.2, -0.15) is 0 Å². The van der Waals surface area contributed by atoms with Crippen molar-refractivity contribution in [1.29, 1.82) is 0 Å². The summed E-state index contributed by atoms with van der Waals surface area (Å²) in [6, 6.07) is 2.90. The summed E-state index contributed by atoms with van der Waals surface area (Å²) in [6.45, 7) is 9.99. The molecule has 0 spiro atoms. The number of anilines is 1. The highest BCUT2D eigenvalue weighted by Crippen LogP contribution is 2.28. The molecule has 1 aromatic rings. The maximum absolute atomic E-state index is 9.54. The summed E-state index contributed by atoms with van der Waals surface area (Å²) in [5, 5.41) is 9.54. The van der Waals surface area contributed by atoms with E-state index in [1.54, 1.807) is 0 Å². The van der Waals surface area contributed by atoms with Crippen LogP contribution in [-0.2, 0) is 5.41 Å². The zero-order valence-electron chi connectivity index (χ0n) is 14.7. The average molecular weight is 318 g/mol. The number of hydrogen-bond acceptors (Lipinski definition) is 5. The van der Waals surface area contributed by atoms with E-state index in [0.29, 0.717) is 12.1 Å². The van der Waals surface area contributed by atoms with Crippen molar-refractivity contribution in [2.24, 2.45) is 0 Å². The fourth-order valence-corrected chi connectivity index (χ4v) is 3.81. The SMILES string of the molecule is CC(C)(C)c1nccc(N2CCCC2CN2CCCC2CO)n1. The van der Waals surface area contributed by atoms with Crippen molar-refractivity contribution in [3.8, 4) is 0 Å². The molecule has 2 aliphatic heterocycles. The molecular formula is C18H30N4O. The minimum Gasteiger partial charge on any atom is -0.395 e. The smallest absolute Gasteiger partial charge is 0.135 e. The molecule has 0 amide bonds. The highest BCUT2D eigenvalue weighted by atomic mass is 16.3. The van der Waals surface area contributed by atoms with E-state index in [2.05, 4.69) is 35.6 Å². The Morgan fingerprint density at radius 3 is 2.65 bits per heavy atom. The van der Waals surface area contributed by atoms with Crippen molar-refractivity contribution in [3.63, 3.8) is 0 Å². The van der Waals surface area contributed by atoms with E-state index >= 15 is 0 Å². The minimum atomic E-state index is -0.0256. The summed E-state index contributed by atoms with van der Waals surface area (Å²) in [6.07, 6.45) is 6.66. The van der Waals surface area contributed by atoms with Crippen LogP contribution in [0, 0.1) is 0 Å². The third kappa shape index (κ3) is 3.66. The first kappa shape index (κ1) is 16.7. The Balaban J connectivity index is 1.74. The molecule has 5 heteroatoms. The first-order valence-electron chi connectivity index (χ1n) is 8.94. The second-order valence-electron chi connectivity index (χ2n) is 7.95. The van der Waals surface area contributed by atoms with E-state index in [-0.39, 0.29) is 12.0 Å². The molecule has 2 unspecified atom stereocenters. The van der Waals surface area contributed by atoms with Gasteiger partial charge in [-0.05, 0) is 38.3 Å². The lowest BCUT2D eigenvalue weighted by Crippen LogP contribution is -2.43. The maximum atomic E-state index is 9.54. The molecule has 0 bridgehead atoms. The van der Waals surface area contributed by atoms with Gasteiger partial charge in [-0.1, -0.05) is 20.8 Å². The van der Waals surface area contributed by atoms with Crippen molar-refractivity contribution < 1.29 is 5.11 Å². The van der Waals surface area contributed by atoms with Crippen LogP contribution in [-0.4, -0.2) is 58.3 Å². The van der Waals surface area contributed by atoms with Gasteiger partial charge in [0.05, 0.1) is 6.61 Å². The van der Waals surface area contributed by atoms with Crippen LogP contribution >= 0.6 is 0 Å². The second-order valence-corrected chi connectivity index (χ2v) is 7.95. The third-order valence-electron chi connectivity index (χ3n) is 5.14. The van der Waals surface area contributed by atoms with Crippen LogP contribution in [0.2, 0.25) is 0 Å². The number of rotatable bonds is 4.